The molecule has 8 heteroatoms. The Kier molecular flexibility index (Phi) is 4.56. The van der Waals surface area contributed by atoms with Gasteiger partial charge in [0, 0.05) is 6.04 Å². The molecular weight excluding hydrogens is 280 g/mol. The van der Waals surface area contributed by atoms with E-state index in [0.717, 1.165) is 37.8 Å². The van der Waals surface area contributed by atoms with Crippen molar-refractivity contribution in [2.45, 2.75) is 44.8 Å². The van der Waals surface area contributed by atoms with E-state index in [1.54, 1.807) is 0 Å². The van der Waals surface area contributed by atoms with Crippen molar-refractivity contribution in [3.05, 3.63) is 28.0 Å². The van der Waals surface area contributed by atoms with Crippen LogP contribution < -0.4 is 5.32 Å². The first-order chi connectivity index (χ1) is 9.97. The lowest BCUT2D eigenvalue weighted by molar-refractivity contribution is -0.402. The number of rotatable bonds is 5. The van der Waals surface area contributed by atoms with Crippen LogP contribution in [0.3, 0.4) is 0 Å². The van der Waals surface area contributed by atoms with Gasteiger partial charge in [-0.3, -0.25) is 14.9 Å². The molecule has 0 aromatic carbocycles. The molecule has 1 N–H and O–H groups in total. The monoisotopic (exact) mass is 296 g/mol. The number of nitrogens with zero attached hydrogens (tertiary/aromatic N) is 1. The van der Waals surface area contributed by atoms with E-state index in [-0.39, 0.29) is 17.7 Å². The normalized spacial score (nSPS) is 16.4. The zero-order valence-electron chi connectivity index (χ0n) is 11.5. The highest BCUT2D eigenvalue weighted by molar-refractivity contribution is 5.90. The molecule has 2 rings (SSSR count). The predicted octanol–water partition coefficient (Wildman–Crippen LogP) is 1.79. The molecule has 114 valence electrons. The van der Waals surface area contributed by atoms with E-state index in [4.69, 9.17) is 9.15 Å². The van der Waals surface area contributed by atoms with Gasteiger partial charge in [-0.25, -0.2) is 4.79 Å². The Morgan fingerprint density at radius 3 is 2.67 bits per heavy atom. The smallest absolute Gasteiger partial charge is 0.433 e. The fourth-order valence-electron chi connectivity index (χ4n) is 2.20. The van der Waals surface area contributed by atoms with Crippen LogP contribution in [0.2, 0.25) is 0 Å². The number of ether oxygens (including phenoxy) is 1. The first kappa shape index (κ1) is 15.0. The van der Waals surface area contributed by atoms with Gasteiger partial charge in [0.25, 0.3) is 5.91 Å². The number of carbonyl (C=O) groups is 2. The van der Waals surface area contributed by atoms with E-state index in [0.29, 0.717) is 0 Å². The lowest BCUT2D eigenvalue weighted by Gasteiger charge is -2.16. The van der Waals surface area contributed by atoms with Crippen molar-refractivity contribution in [1.29, 1.82) is 0 Å². The lowest BCUT2D eigenvalue weighted by Crippen LogP contribution is -2.40. The van der Waals surface area contributed by atoms with E-state index in [2.05, 4.69) is 5.32 Å². The minimum absolute atomic E-state index is 0.128. The fraction of sp³-hybridized carbons (Fsp3) is 0.538. The molecule has 1 aliphatic rings. The molecule has 1 heterocycles. The predicted molar refractivity (Wildman–Crippen MR) is 70.6 cm³/mol. The largest absolute Gasteiger partial charge is 0.447 e. The molecule has 1 amide bonds. The average molecular weight is 296 g/mol. The summed E-state index contributed by atoms with van der Waals surface area (Å²) in [5, 5.41) is 13.3. The number of esters is 1. The first-order valence-electron chi connectivity index (χ1n) is 6.73. The van der Waals surface area contributed by atoms with Crippen molar-refractivity contribution in [1.82, 2.24) is 5.32 Å². The van der Waals surface area contributed by atoms with Crippen molar-refractivity contribution in [3.63, 3.8) is 0 Å². The van der Waals surface area contributed by atoms with Crippen LogP contribution in [0.5, 0.6) is 0 Å². The van der Waals surface area contributed by atoms with Gasteiger partial charge in [0.2, 0.25) is 5.76 Å². The van der Waals surface area contributed by atoms with Gasteiger partial charge in [-0.1, -0.05) is 12.8 Å². The van der Waals surface area contributed by atoms with Crippen molar-refractivity contribution < 1.29 is 23.7 Å². The molecule has 0 bridgehead atoms. The maximum absolute atomic E-state index is 11.9. The summed E-state index contributed by atoms with van der Waals surface area (Å²) < 4.78 is 9.65. The van der Waals surface area contributed by atoms with Gasteiger partial charge in [0.1, 0.15) is 4.92 Å². The summed E-state index contributed by atoms with van der Waals surface area (Å²) in [7, 11) is 0. The van der Waals surface area contributed by atoms with E-state index in [1.807, 2.05) is 0 Å². The van der Waals surface area contributed by atoms with Gasteiger partial charge in [-0.15, -0.1) is 0 Å². The van der Waals surface area contributed by atoms with Crippen LogP contribution in [0.25, 0.3) is 0 Å². The van der Waals surface area contributed by atoms with Crippen LogP contribution in [0.4, 0.5) is 5.88 Å². The molecule has 8 nitrogen and oxygen atoms in total. The Hall–Kier alpha value is -2.38. The average Bonchev–Trinajstić information content (AvgIpc) is 3.09. The Morgan fingerprint density at radius 1 is 1.43 bits per heavy atom. The van der Waals surface area contributed by atoms with E-state index in [9.17, 15) is 19.7 Å². The highest BCUT2D eigenvalue weighted by atomic mass is 16.7. The van der Waals surface area contributed by atoms with E-state index in [1.165, 1.54) is 6.92 Å². The number of nitrogens with one attached hydrogen (secondary N) is 1. The molecule has 1 aliphatic carbocycles. The molecule has 0 saturated heterocycles. The minimum Gasteiger partial charge on any atom is -0.447 e. The van der Waals surface area contributed by atoms with Gasteiger partial charge >= 0.3 is 11.9 Å². The Balaban J connectivity index is 1.88. The fourth-order valence-corrected chi connectivity index (χ4v) is 2.20. The first-order valence-corrected chi connectivity index (χ1v) is 6.73. The Labute approximate surface area is 120 Å². The van der Waals surface area contributed by atoms with Gasteiger partial charge in [-0.2, -0.15) is 0 Å². The van der Waals surface area contributed by atoms with Crippen molar-refractivity contribution in [2.24, 2.45) is 0 Å². The van der Waals surface area contributed by atoms with Gasteiger partial charge < -0.3 is 14.5 Å². The highest BCUT2D eigenvalue weighted by Gasteiger charge is 2.25. The second kappa shape index (κ2) is 6.38. The second-order valence-electron chi connectivity index (χ2n) is 4.93. The number of furan rings is 1. The van der Waals surface area contributed by atoms with Crippen LogP contribution in [0, 0.1) is 10.1 Å². The molecule has 1 fully saturated rings. The molecule has 21 heavy (non-hydrogen) atoms. The van der Waals surface area contributed by atoms with Crippen LogP contribution in [-0.2, 0) is 9.53 Å². The molecule has 1 atom stereocenters. The molecule has 1 aromatic rings. The van der Waals surface area contributed by atoms with Crippen LogP contribution in [0.1, 0.15) is 43.2 Å². The zero-order valence-corrected chi connectivity index (χ0v) is 11.5. The number of amides is 1. The molecule has 0 aliphatic heterocycles. The molecule has 0 unspecified atom stereocenters. The second-order valence-corrected chi connectivity index (χ2v) is 4.93. The third-order valence-corrected chi connectivity index (χ3v) is 3.33. The summed E-state index contributed by atoms with van der Waals surface area (Å²) in [6, 6.07) is 2.32. The minimum atomic E-state index is -0.984. The SMILES string of the molecule is C[C@@H](OC(=O)c1ccc([N+](=O)[O-])o1)C(=O)NC1CCCC1. The van der Waals surface area contributed by atoms with Crippen molar-refractivity contribution in [2.75, 3.05) is 0 Å². The topological polar surface area (TPSA) is 112 Å². The summed E-state index contributed by atoms with van der Waals surface area (Å²) in [4.78, 5) is 33.3. The highest BCUT2D eigenvalue weighted by Crippen LogP contribution is 2.19. The number of hydrogen-bond acceptors (Lipinski definition) is 6. The molecule has 0 radical (unpaired) electrons. The molecular formula is C13H16N2O6. The van der Waals surface area contributed by atoms with Crippen molar-refractivity contribution >= 4 is 17.8 Å². The summed E-state index contributed by atoms with van der Waals surface area (Å²) in [6.07, 6.45) is 3.03. The third kappa shape index (κ3) is 3.80. The maximum Gasteiger partial charge on any atom is 0.433 e. The number of hydrogen-bond donors (Lipinski definition) is 1. The maximum atomic E-state index is 11.9. The quantitative estimate of drug-likeness (QED) is 0.503. The molecule has 0 spiro atoms. The Morgan fingerprint density at radius 2 is 2.10 bits per heavy atom. The third-order valence-electron chi connectivity index (χ3n) is 3.33. The van der Waals surface area contributed by atoms with Gasteiger partial charge in [-0.05, 0) is 25.8 Å². The summed E-state index contributed by atoms with van der Waals surface area (Å²) in [5.41, 5.74) is 0. The Bertz CT molecular complexity index is 547. The van der Waals surface area contributed by atoms with Crippen LogP contribution in [0.15, 0.2) is 16.5 Å². The van der Waals surface area contributed by atoms with Crippen molar-refractivity contribution in [3.8, 4) is 0 Å². The molecule has 1 saturated carbocycles. The summed E-state index contributed by atoms with van der Waals surface area (Å²) in [6.45, 7) is 1.44. The van der Waals surface area contributed by atoms with E-state index >= 15 is 0 Å². The van der Waals surface area contributed by atoms with Crippen LogP contribution >= 0.6 is 0 Å². The van der Waals surface area contributed by atoms with Crippen LogP contribution in [-0.4, -0.2) is 28.9 Å². The lowest BCUT2D eigenvalue weighted by atomic mass is 10.2. The standard InChI is InChI=1S/C13H16N2O6/c1-8(12(16)14-9-4-2-3-5-9)20-13(17)10-6-7-11(21-10)15(18)19/h6-9H,2-5H2,1H3,(H,14,16)/t8-/m1/s1. The molecule has 1 aromatic heterocycles. The van der Waals surface area contributed by atoms with Gasteiger partial charge in [0.05, 0.1) is 6.07 Å². The summed E-state index contributed by atoms with van der Waals surface area (Å²) in [5.74, 6) is -2.14. The van der Waals surface area contributed by atoms with E-state index < -0.39 is 22.9 Å². The summed E-state index contributed by atoms with van der Waals surface area (Å²) >= 11 is 0. The van der Waals surface area contributed by atoms with Gasteiger partial charge in [0.15, 0.2) is 6.10 Å². The zero-order chi connectivity index (χ0) is 15.4. The number of nitro groups is 1. The number of carbonyl (C=O) groups excluding carboxylic acids is 2.